The summed E-state index contributed by atoms with van der Waals surface area (Å²) in [6.45, 7) is 14.4. The zero-order valence-electron chi connectivity index (χ0n) is 13.2. The standard InChI is InChI=1S/C16H33N3/c1-14(2)17-12-15(3)13-18-8-10-19(11-9-18)16-6-4-5-7-16/h14-17H,4-13H2,1-3H3. The van der Waals surface area contributed by atoms with Crippen molar-refractivity contribution in [1.29, 1.82) is 0 Å². The van der Waals surface area contributed by atoms with Gasteiger partial charge < -0.3 is 10.2 Å². The van der Waals surface area contributed by atoms with Crippen LogP contribution in [0.25, 0.3) is 0 Å². The van der Waals surface area contributed by atoms with Crippen molar-refractivity contribution >= 4 is 0 Å². The summed E-state index contributed by atoms with van der Waals surface area (Å²) in [4.78, 5) is 5.42. The highest BCUT2D eigenvalue weighted by molar-refractivity contribution is 4.82. The molecule has 0 aromatic carbocycles. The van der Waals surface area contributed by atoms with E-state index >= 15 is 0 Å². The van der Waals surface area contributed by atoms with Crippen molar-refractivity contribution in [2.45, 2.75) is 58.5 Å². The average Bonchev–Trinajstić information content (AvgIpc) is 2.91. The molecule has 1 saturated carbocycles. The molecular formula is C16H33N3. The lowest BCUT2D eigenvalue weighted by atomic mass is 10.1. The van der Waals surface area contributed by atoms with Gasteiger partial charge >= 0.3 is 0 Å². The summed E-state index contributed by atoms with van der Waals surface area (Å²) < 4.78 is 0. The van der Waals surface area contributed by atoms with Gasteiger partial charge in [0.1, 0.15) is 0 Å². The van der Waals surface area contributed by atoms with E-state index in [9.17, 15) is 0 Å². The quantitative estimate of drug-likeness (QED) is 0.796. The maximum Gasteiger partial charge on any atom is 0.0113 e. The minimum absolute atomic E-state index is 0.613. The van der Waals surface area contributed by atoms with Crippen molar-refractivity contribution in [2.24, 2.45) is 5.92 Å². The second-order valence-electron chi connectivity index (χ2n) is 6.94. The molecule has 1 heterocycles. The Labute approximate surface area is 119 Å². The first-order valence-corrected chi connectivity index (χ1v) is 8.35. The first kappa shape index (κ1) is 15.3. The van der Waals surface area contributed by atoms with Crippen LogP contribution in [0.5, 0.6) is 0 Å². The third-order valence-electron chi connectivity index (χ3n) is 4.69. The van der Waals surface area contributed by atoms with E-state index in [-0.39, 0.29) is 0 Å². The monoisotopic (exact) mass is 267 g/mol. The van der Waals surface area contributed by atoms with Gasteiger partial charge in [-0.1, -0.05) is 33.6 Å². The summed E-state index contributed by atoms with van der Waals surface area (Å²) in [5.74, 6) is 0.764. The van der Waals surface area contributed by atoms with Gasteiger partial charge in [-0.25, -0.2) is 0 Å². The second kappa shape index (κ2) is 7.61. The van der Waals surface area contributed by atoms with E-state index in [4.69, 9.17) is 0 Å². The summed E-state index contributed by atoms with van der Waals surface area (Å²) >= 11 is 0. The van der Waals surface area contributed by atoms with Crippen molar-refractivity contribution in [2.75, 3.05) is 39.3 Å². The number of hydrogen-bond donors (Lipinski definition) is 1. The molecule has 2 fully saturated rings. The Morgan fingerprint density at radius 2 is 1.63 bits per heavy atom. The van der Waals surface area contributed by atoms with Crippen molar-refractivity contribution in [3.63, 3.8) is 0 Å². The molecule has 1 aliphatic carbocycles. The third-order valence-corrected chi connectivity index (χ3v) is 4.69. The van der Waals surface area contributed by atoms with Crippen LogP contribution in [0.15, 0.2) is 0 Å². The Morgan fingerprint density at radius 3 is 2.21 bits per heavy atom. The summed E-state index contributed by atoms with van der Waals surface area (Å²) in [5, 5.41) is 3.55. The molecule has 0 aromatic heterocycles. The summed E-state index contributed by atoms with van der Waals surface area (Å²) in [6.07, 6.45) is 5.83. The normalized spacial score (nSPS) is 25.3. The van der Waals surface area contributed by atoms with Gasteiger partial charge in [0.25, 0.3) is 0 Å². The smallest absolute Gasteiger partial charge is 0.0113 e. The van der Waals surface area contributed by atoms with Crippen molar-refractivity contribution in [1.82, 2.24) is 15.1 Å². The molecule has 19 heavy (non-hydrogen) atoms. The van der Waals surface area contributed by atoms with Crippen LogP contribution in [-0.2, 0) is 0 Å². The van der Waals surface area contributed by atoms with Crippen molar-refractivity contribution < 1.29 is 0 Å². The molecule has 0 amide bonds. The summed E-state index contributed by atoms with van der Waals surface area (Å²) in [5.41, 5.74) is 0. The van der Waals surface area contributed by atoms with Gasteiger partial charge in [-0.3, -0.25) is 4.90 Å². The van der Waals surface area contributed by atoms with E-state index in [1.165, 1.54) is 58.4 Å². The van der Waals surface area contributed by atoms with Crippen LogP contribution in [0.3, 0.4) is 0 Å². The van der Waals surface area contributed by atoms with Gasteiger partial charge in [0.2, 0.25) is 0 Å². The first-order valence-electron chi connectivity index (χ1n) is 8.35. The zero-order chi connectivity index (χ0) is 13.7. The lowest BCUT2D eigenvalue weighted by Crippen LogP contribution is -2.51. The summed E-state index contributed by atoms with van der Waals surface area (Å²) in [6, 6.07) is 1.53. The SMILES string of the molecule is CC(CNC(C)C)CN1CCN(C2CCCC2)CC1. The van der Waals surface area contributed by atoms with Gasteiger partial charge in [-0.15, -0.1) is 0 Å². The number of nitrogens with one attached hydrogen (secondary N) is 1. The predicted molar refractivity (Wildman–Crippen MR) is 82.6 cm³/mol. The fourth-order valence-electron chi connectivity index (χ4n) is 3.52. The van der Waals surface area contributed by atoms with Crippen LogP contribution in [0, 0.1) is 5.92 Å². The van der Waals surface area contributed by atoms with Crippen LogP contribution >= 0.6 is 0 Å². The van der Waals surface area contributed by atoms with E-state index in [1.807, 2.05) is 0 Å². The molecule has 2 aliphatic rings. The van der Waals surface area contributed by atoms with Gasteiger partial charge in [-0.05, 0) is 25.3 Å². The maximum absolute atomic E-state index is 3.55. The molecule has 0 spiro atoms. The van der Waals surface area contributed by atoms with E-state index < -0.39 is 0 Å². The lowest BCUT2D eigenvalue weighted by molar-refractivity contribution is 0.0889. The highest BCUT2D eigenvalue weighted by atomic mass is 15.3. The third kappa shape index (κ3) is 5.05. The molecule has 2 rings (SSSR count). The van der Waals surface area contributed by atoms with Crippen molar-refractivity contribution in [3.05, 3.63) is 0 Å². The second-order valence-corrected chi connectivity index (χ2v) is 6.94. The topological polar surface area (TPSA) is 18.5 Å². The predicted octanol–water partition coefficient (Wildman–Crippen LogP) is 2.18. The van der Waals surface area contributed by atoms with Crippen LogP contribution in [0.4, 0.5) is 0 Å². The number of hydrogen-bond acceptors (Lipinski definition) is 3. The molecule has 0 aromatic rings. The highest BCUT2D eigenvalue weighted by Gasteiger charge is 2.26. The van der Waals surface area contributed by atoms with Crippen LogP contribution in [0.1, 0.15) is 46.5 Å². The number of piperazine rings is 1. The Bertz CT molecular complexity index is 240. The molecule has 1 atom stereocenters. The van der Waals surface area contributed by atoms with E-state index in [2.05, 4.69) is 35.9 Å². The fraction of sp³-hybridized carbons (Fsp3) is 1.00. The van der Waals surface area contributed by atoms with Gasteiger partial charge in [0.05, 0.1) is 0 Å². The molecule has 112 valence electrons. The minimum Gasteiger partial charge on any atom is -0.314 e. The summed E-state index contributed by atoms with van der Waals surface area (Å²) in [7, 11) is 0. The molecule has 1 N–H and O–H groups in total. The largest absolute Gasteiger partial charge is 0.314 e. The van der Waals surface area contributed by atoms with E-state index in [0.29, 0.717) is 6.04 Å². The molecule has 3 nitrogen and oxygen atoms in total. The molecular weight excluding hydrogens is 234 g/mol. The van der Waals surface area contributed by atoms with Gasteiger partial charge in [0, 0.05) is 44.8 Å². The fourth-order valence-corrected chi connectivity index (χ4v) is 3.52. The highest BCUT2D eigenvalue weighted by Crippen LogP contribution is 2.24. The van der Waals surface area contributed by atoms with E-state index in [1.54, 1.807) is 0 Å². The van der Waals surface area contributed by atoms with E-state index in [0.717, 1.165) is 18.5 Å². The Balaban J connectivity index is 1.62. The van der Waals surface area contributed by atoms with Gasteiger partial charge in [-0.2, -0.15) is 0 Å². The minimum atomic E-state index is 0.613. The average molecular weight is 267 g/mol. The molecule has 1 aliphatic heterocycles. The molecule has 3 heteroatoms. The Morgan fingerprint density at radius 1 is 1.00 bits per heavy atom. The number of rotatable bonds is 6. The van der Waals surface area contributed by atoms with Crippen LogP contribution in [-0.4, -0.2) is 61.2 Å². The molecule has 1 saturated heterocycles. The number of nitrogens with zero attached hydrogens (tertiary/aromatic N) is 2. The van der Waals surface area contributed by atoms with Crippen LogP contribution in [0.2, 0.25) is 0 Å². The zero-order valence-corrected chi connectivity index (χ0v) is 13.2. The van der Waals surface area contributed by atoms with Crippen molar-refractivity contribution in [3.8, 4) is 0 Å². The maximum atomic E-state index is 3.55. The van der Waals surface area contributed by atoms with Crippen LogP contribution < -0.4 is 5.32 Å². The first-order chi connectivity index (χ1) is 9.15. The Kier molecular flexibility index (Phi) is 6.11. The van der Waals surface area contributed by atoms with Gasteiger partial charge in [0.15, 0.2) is 0 Å². The lowest BCUT2D eigenvalue weighted by Gasteiger charge is -2.39. The molecule has 1 unspecified atom stereocenters. The molecule has 0 bridgehead atoms. The Hall–Kier alpha value is -0.120. The molecule has 0 radical (unpaired) electrons.